The lowest BCUT2D eigenvalue weighted by Crippen LogP contribution is -2.11. The third kappa shape index (κ3) is 3.82. The molecule has 0 fully saturated rings. The topological polar surface area (TPSA) is 79.3 Å². The maximum atomic E-state index is 12.2. The number of aryl methyl sites for hydroxylation is 2. The highest BCUT2D eigenvalue weighted by molar-refractivity contribution is 7.94. The van der Waals surface area contributed by atoms with Gasteiger partial charge in [-0.15, -0.1) is 11.3 Å². The van der Waals surface area contributed by atoms with Crippen molar-refractivity contribution in [2.75, 3.05) is 11.3 Å². The van der Waals surface area contributed by atoms with E-state index < -0.39 is 10.0 Å². The number of benzene rings is 1. The van der Waals surface area contributed by atoms with Gasteiger partial charge in [-0.2, -0.15) is 0 Å². The first-order chi connectivity index (χ1) is 9.92. The molecule has 0 bridgehead atoms. The summed E-state index contributed by atoms with van der Waals surface area (Å²) in [5.41, 5.74) is 2.01. The van der Waals surface area contributed by atoms with Crippen molar-refractivity contribution >= 4 is 27.0 Å². The molecule has 0 saturated heterocycles. The van der Waals surface area contributed by atoms with Crippen LogP contribution in [0.3, 0.4) is 0 Å². The van der Waals surface area contributed by atoms with Crippen LogP contribution < -0.4 is 4.72 Å². The second kappa shape index (κ2) is 6.26. The van der Waals surface area contributed by atoms with Gasteiger partial charge in [0.25, 0.3) is 10.0 Å². The van der Waals surface area contributed by atoms with Gasteiger partial charge in [0.1, 0.15) is 6.61 Å². The Morgan fingerprint density at radius 3 is 2.76 bits per heavy atom. The van der Waals surface area contributed by atoms with Gasteiger partial charge in [-0.25, -0.2) is 13.4 Å². The van der Waals surface area contributed by atoms with Gasteiger partial charge in [-0.3, -0.25) is 4.72 Å². The number of hydrogen-bond donors (Lipinski definition) is 2. The summed E-state index contributed by atoms with van der Waals surface area (Å²) in [4.78, 5) is 3.95. The predicted molar refractivity (Wildman–Crippen MR) is 82.8 cm³/mol. The molecule has 0 atom stereocenters. The fourth-order valence-corrected chi connectivity index (χ4v) is 3.78. The fourth-order valence-electron chi connectivity index (χ4n) is 1.63. The number of thiazole rings is 1. The van der Waals surface area contributed by atoms with E-state index in [-0.39, 0.29) is 10.8 Å². The van der Waals surface area contributed by atoms with E-state index in [1.165, 1.54) is 6.20 Å². The van der Waals surface area contributed by atoms with Crippen LogP contribution in [-0.2, 0) is 10.0 Å². The van der Waals surface area contributed by atoms with E-state index in [9.17, 15) is 8.42 Å². The Balaban J connectivity index is 2.31. The molecule has 0 amide bonds. The molecule has 0 spiro atoms. The average Bonchev–Trinajstić information content (AvgIpc) is 2.86. The molecule has 2 N–H and O–H groups in total. The van der Waals surface area contributed by atoms with Crippen molar-refractivity contribution in [2.24, 2.45) is 0 Å². The van der Waals surface area contributed by atoms with Crippen LogP contribution in [0.15, 0.2) is 28.6 Å². The quantitative estimate of drug-likeness (QED) is 0.846. The first kappa shape index (κ1) is 15.5. The number of hydrogen-bond acceptors (Lipinski definition) is 5. The van der Waals surface area contributed by atoms with Gasteiger partial charge >= 0.3 is 0 Å². The first-order valence-corrected chi connectivity index (χ1v) is 8.38. The number of aromatic nitrogens is 1. The highest BCUT2D eigenvalue weighted by Gasteiger charge is 2.17. The Morgan fingerprint density at radius 1 is 1.38 bits per heavy atom. The summed E-state index contributed by atoms with van der Waals surface area (Å²) in [5.74, 6) is 5.34. The van der Waals surface area contributed by atoms with Crippen LogP contribution in [-0.4, -0.2) is 25.1 Å². The highest BCUT2D eigenvalue weighted by atomic mass is 32.2. The molecular weight excluding hydrogens is 308 g/mol. The second-order valence-corrected chi connectivity index (χ2v) is 7.44. The zero-order chi connectivity index (χ0) is 15.5. The molecule has 2 rings (SSSR count). The molecule has 1 heterocycles. The number of aliphatic hydroxyl groups is 1. The van der Waals surface area contributed by atoms with Crippen molar-refractivity contribution < 1.29 is 13.5 Å². The largest absolute Gasteiger partial charge is 0.384 e. The summed E-state index contributed by atoms with van der Waals surface area (Å²) in [7, 11) is -3.63. The Morgan fingerprint density at radius 2 is 2.14 bits per heavy atom. The number of nitrogens with one attached hydrogen (secondary N) is 1. The van der Waals surface area contributed by atoms with E-state index in [0.717, 1.165) is 16.9 Å². The van der Waals surface area contributed by atoms with Crippen LogP contribution in [0, 0.1) is 25.7 Å². The molecule has 0 aliphatic heterocycles. The average molecular weight is 322 g/mol. The lowest BCUT2D eigenvalue weighted by molar-refractivity contribution is 0.350. The van der Waals surface area contributed by atoms with Gasteiger partial charge in [0.15, 0.2) is 4.21 Å². The van der Waals surface area contributed by atoms with Crippen molar-refractivity contribution in [3.05, 3.63) is 40.5 Å². The number of sulfonamides is 1. The van der Waals surface area contributed by atoms with Gasteiger partial charge in [0.05, 0.1) is 16.9 Å². The first-order valence-electron chi connectivity index (χ1n) is 6.08. The van der Waals surface area contributed by atoms with E-state index in [2.05, 4.69) is 21.5 Å². The standard InChI is InChI=1S/C14H14N2O3S2/c1-10-5-6-13(8-12(10)4-3-7-17)16-21(18,19)14-9-15-11(2)20-14/h5-6,8-9,16-17H,7H2,1-2H3. The van der Waals surface area contributed by atoms with Crippen LogP contribution in [0.4, 0.5) is 5.69 Å². The van der Waals surface area contributed by atoms with Crippen molar-refractivity contribution in [3.8, 4) is 11.8 Å². The maximum absolute atomic E-state index is 12.2. The number of nitrogens with zero attached hydrogens (tertiary/aromatic N) is 1. The minimum absolute atomic E-state index is 0.170. The van der Waals surface area contributed by atoms with E-state index in [0.29, 0.717) is 16.3 Å². The Labute approximate surface area is 127 Å². The van der Waals surface area contributed by atoms with E-state index in [1.807, 2.05) is 6.92 Å². The third-order valence-corrected chi connectivity index (χ3v) is 5.41. The molecule has 0 unspecified atom stereocenters. The zero-order valence-electron chi connectivity index (χ0n) is 11.5. The van der Waals surface area contributed by atoms with Crippen LogP contribution in [0.5, 0.6) is 0 Å². The number of aliphatic hydroxyl groups excluding tert-OH is 1. The predicted octanol–water partition coefficient (Wildman–Crippen LogP) is 1.90. The highest BCUT2D eigenvalue weighted by Crippen LogP contribution is 2.22. The molecule has 7 heteroatoms. The van der Waals surface area contributed by atoms with Crippen molar-refractivity contribution in [1.82, 2.24) is 4.98 Å². The van der Waals surface area contributed by atoms with Crippen molar-refractivity contribution in [3.63, 3.8) is 0 Å². The third-order valence-electron chi connectivity index (χ3n) is 2.66. The summed E-state index contributed by atoms with van der Waals surface area (Å²) in [6.45, 7) is 3.37. The van der Waals surface area contributed by atoms with E-state index >= 15 is 0 Å². The summed E-state index contributed by atoms with van der Waals surface area (Å²) < 4.78 is 27.1. The molecule has 110 valence electrons. The molecule has 0 radical (unpaired) electrons. The molecule has 0 aliphatic carbocycles. The smallest absolute Gasteiger partial charge is 0.273 e. The van der Waals surface area contributed by atoms with Gasteiger partial charge in [0.2, 0.25) is 0 Å². The van der Waals surface area contributed by atoms with Gasteiger partial charge in [-0.1, -0.05) is 17.9 Å². The Bertz CT molecular complexity index is 814. The Hall–Kier alpha value is -1.88. The summed E-state index contributed by atoms with van der Waals surface area (Å²) in [6, 6.07) is 5.09. The van der Waals surface area contributed by atoms with Crippen LogP contribution in [0.25, 0.3) is 0 Å². The van der Waals surface area contributed by atoms with Crippen LogP contribution in [0.1, 0.15) is 16.1 Å². The lowest BCUT2D eigenvalue weighted by atomic mass is 10.1. The van der Waals surface area contributed by atoms with Crippen molar-refractivity contribution in [1.29, 1.82) is 0 Å². The normalized spacial score (nSPS) is 10.8. The van der Waals surface area contributed by atoms with Gasteiger partial charge in [0, 0.05) is 5.56 Å². The van der Waals surface area contributed by atoms with Crippen molar-refractivity contribution in [2.45, 2.75) is 18.1 Å². The number of anilines is 1. The van der Waals surface area contributed by atoms with Gasteiger partial charge in [-0.05, 0) is 31.5 Å². The SMILES string of the molecule is Cc1ncc(S(=O)(=O)Nc2ccc(C)c(C#CCO)c2)s1. The molecule has 0 saturated carbocycles. The molecular formula is C14H14N2O3S2. The number of rotatable bonds is 3. The van der Waals surface area contributed by atoms with Crippen LogP contribution in [0.2, 0.25) is 0 Å². The minimum atomic E-state index is -3.63. The monoisotopic (exact) mass is 322 g/mol. The maximum Gasteiger partial charge on any atom is 0.273 e. The molecule has 0 aliphatic rings. The molecule has 5 nitrogen and oxygen atoms in total. The minimum Gasteiger partial charge on any atom is -0.384 e. The van der Waals surface area contributed by atoms with Crippen LogP contribution >= 0.6 is 11.3 Å². The fraction of sp³-hybridized carbons (Fsp3) is 0.214. The summed E-state index contributed by atoms with van der Waals surface area (Å²) in [6.07, 6.45) is 1.34. The second-order valence-electron chi connectivity index (χ2n) is 4.29. The van der Waals surface area contributed by atoms with E-state index in [1.54, 1.807) is 25.1 Å². The van der Waals surface area contributed by atoms with Gasteiger partial charge < -0.3 is 5.11 Å². The van der Waals surface area contributed by atoms with E-state index in [4.69, 9.17) is 5.11 Å². The lowest BCUT2D eigenvalue weighted by Gasteiger charge is -2.07. The zero-order valence-corrected chi connectivity index (χ0v) is 13.2. The molecule has 2 aromatic rings. The molecule has 1 aromatic carbocycles. The molecule has 21 heavy (non-hydrogen) atoms. The summed E-state index contributed by atoms with van der Waals surface area (Å²) >= 11 is 1.11. The summed E-state index contributed by atoms with van der Waals surface area (Å²) in [5, 5.41) is 9.42. The Kier molecular flexibility index (Phi) is 4.63. The molecule has 1 aromatic heterocycles.